The van der Waals surface area contributed by atoms with Crippen molar-refractivity contribution in [1.82, 2.24) is 4.98 Å². The molecule has 2 aliphatic rings. The first kappa shape index (κ1) is 17.1. The summed E-state index contributed by atoms with van der Waals surface area (Å²) in [5, 5.41) is 3.47. The molecule has 0 spiro atoms. The number of anilines is 2. The zero-order valence-electron chi connectivity index (χ0n) is 14.3. The van der Waals surface area contributed by atoms with Crippen molar-refractivity contribution in [3.05, 3.63) is 40.7 Å². The molecule has 1 aliphatic carbocycles. The number of para-hydroxylation sites is 1. The smallest absolute Gasteiger partial charge is 0.231 e. The molecule has 0 radical (unpaired) electrons. The number of aromatic nitrogens is 1. The highest BCUT2D eigenvalue weighted by Gasteiger charge is 2.36. The number of amides is 2. The van der Waals surface area contributed by atoms with Crippen LogP contribution in [0.15, 0.2) is 24.3 Å². The molecule has 1 saturated heterocycles. The zero-order valence-corrected chi connectivity index (χ0v) is 15.2. The summed E-state index contributed by atoms with van der Waals surface area (Å²) in [6.45, 7) is 0.191. The van der Waals surface area contributed by atoms with E-state index in [4.69, 9.17) is 0 Å². The molecule has 2 aromatic rings. The average molecular weight is 373 g/mol. The first-order valence-electron chi connectivity index (χ1n) is 8.96. The summed E-state index contributed by atoms with van der Waals surface area (Å²) in [7, 11) is 0. The maximum atomic E-state index is 14.0. The highest BCUT2D eigenvalue weighted by Crippen LogP contribution is 2.31. The lowest BCUT2D eigenvalue weighted by Gasteiger charge is -2.17. The molecule has 0 saturated carbocycles. The highest BCUT2D eigenvalue weighted by molar-refractivity contribution is 7.15. The van der Waals surface area contributed by atoms with E-state index in [0.29, 0.717) is 5.13 Å². The van der Waals surface area contributed by atoms with Crippen LogP contribution in [0.3, 0.4) is 0 Å². The lowest BCUT2D eigenvalue weighted by atomic mass is 10.1. The molecular weight excluding hydrogens is 353 g/mol. The molecule has 2 heterocycles. The van der Waals surface area contributed by atoms with Gasteiger partial charge in [0.1, 0.15) is 5.82 Å². The van der Waals surface area contributed by atoms with Crippen molar-refractivity contribution < 1.29 is 14.0 Å². The Morgan fingerprint density at radius 3 is 2.88 bits per heavy atom. The van der Waals surface area contributed by atoms with Crippen molar-refractivity contribution in [2.45, 2.75) is 38.5 Å². The normalized spacial score (nSPS) is 20.0. The molecule has 1 aliphatic heterocycles. The minimum atomic E-state index is -0.495. The fraction of sp³-hybridized carbons (Fsp3) is 0.421. The van der Waals surface area contributed by atoms with Gasteiger partial charge < -0.3 is 10.2 Å². The molecule has 1 atom stereocenters. The first-order chi connectivity index (χ1) is 12.6. The Kier molecular flexibility index (Phi) is 4.72. The second-order valence-electron chi connectivity index (χ2n) is 6.80. The lowest BCUT2D eigenvalue weighted by Crippen LogP contribution is -2.28. The van der Waals surface area contributed by atoms with Crippen LogP contribution in [-0.2, 0) is 22.4 Å². The minimum absolute atomic E-state index is 0.0885. The number of benzene rings is 1. The molecule has 0 bridgehead atoms. The molecule has 5 nitrogen and oxygen atoms in total. The molecule has 0 unspecified atom stereocenters. The molecule has 26 heavy (non-hydrogen) atoms. The third kappa shape index (κ3) is 3.35. The Morgan fingerprint density at radius 1 is 1.23 bits per heavy atom. The number of halogens is 1. The van der Waals surface area contributed by atoms with E-state index in [1.165, 1.54) is 33.6 Å². The molecule has 1 N–H and O–H groups in total. The van der Waals surface area contributed by atoms with Gasteiger partial charge in [0.25, 0.3) is 0 Å². The maximum absolute atomic E-state index is 14.0. The van der Waals surface area contributed by atoms with Crippen molar-refractivity contribution in [3.63, 3.8) is 0 Å². The van der Waals surface area contributed by atoms with Crippen molar-refractivity contribution >= 4 is 34.0 Å². The van der Waals surface area contributed by atoms with Crippen LogP contribution in [0.1, 0.15) is 36.3 Å². The number of nitrogens with zero attached hydrogens (tertiary/aromatic N) is 2. The van der Waals surface area contributed by atoms with Gasteiger partial charge in [-0.05, 0) is 37.8 Å². The van der Waals surface area contributed by atoms with Crippen molar-refractivity contribution in [2.75, 3.05) is 16.8 Å². The highest BCUT2D eigenvalue weighted by atomic mass is 32.1. The second kappa shape index (κ2) is 7.15. The summed E-state index contributed by atoms with van der Waals surface area (Å²) in [6.07, 6.45) is 5.60. The van der Waals surface area contributed by atoms with Gasteiger partial charge in [-0.1, -0.05) is 18.6 Å². The van der Waals surface area contributed by atoms with Crippen LogP contribution in [0.4, 0.5) is 15.2 Å². The Bertz CT molecular complexity index is 828. The summed E-state index contributed by atoms with van der Waals surface area (Å²) in [5.74, 6) is -1.40. The zero-order chi connectivity index (χ0) is 18.1. The van der Waals surface area contributed by atoms with Gasteiger partial charge in [-0.2, -0.15) is 0 Å². The summed E-state index contributed by atoms with van der Waals surface area (Å²) < 4.78 is 14.0. The average Bonchev–Trinajstić information content (AvgIpc) is 3.12. The van der Waals surface area contributed by atoms with E-state index in [9.17, 15) is 14.0 Å². The molecule has 1 aromatic carbocycles. The van der Waals surface area contributed by atoms with E-state index < -0.39 is 11.7 Å². The van der Waals surface area contributed by atoms with Crippen LogP contribution in [0.5, 0.6) is 0 Å². The number of hydrogen-bond acceptors (Lipinski definition) is 4. The maximum Gasteiger partial charge on any atom is 0.231 e. The molecule has 1 fully saturated rings. The topological polar surface area (TPSA) is 62.3 Å². The van der Waals surface area contributed by atoms with Gasteiger partial charge in [0.05, 0.1) is 17.3 Å². The van der Waals surface area contributed by atoms with Gasteiger partial charge in [0.15, 0.2) is 5.13 Å². The fourth-order valence-corrected chi connectivity index (χ4v) is 4.63. The van der Waals surface area contributed by atoms with Crippen LogP contribution in [0.2, 0.25) is 0 Å². The van der Waals surface area contributed by atoms with E-state index in [0.717, 1.165) is 31.4 Å². The van der Waals surface area contributed by atoms with Crippen molar-refractivity contribution in [3.8, 4) is 0 Å². The van der Waals surface area contributed by atoms with Gasteiger partial charge >= 0.3 is 0 Å². The predicted molar refractivity (Wildman–Crippen MR) is 98.9 cm³/mol. The SMILES string of the molecule is O=C(Nc1nc2c(s1)CCCCC2)[C@H]1CC(=O)N(c2ccccc2F)C1. The van der Waals surface area contributed by atoms with Crippen LogP contribution in [0, 0.1) is 11.7 Å². The van der Waals surface area contributed by atoms with Crippen LogP contribution < -0.4 is 10.2 Å². The summed E-state index contributed by atoms with van der Waals surface area (Å²) >= 11 is 1.53. The number of hydrogen-bond donors (Lipinski definition) is 1. The number of carbonyl (C=O) groups is 2. The van der Waals surface area contributed by atoms with Gasteiger partial charge in [-0.15, -0.1) is 11.3 Å². The summed E-state index contributed by atoms with van der Waals surface area (Å²) in [4.78, 5) is 32.0. The number of thiazole rings is 1. The molecule has 136 valence electrons. The fourth-order valence-electron chi connectivity index (χ4n) is 3.58. The second-order valence-corrected chi connectivity index (χ2v) is 7.88. The lowest BCUT2D eigenvalue weighted by molar-refractivity contribution is -0.122. The molecular formula is C19H20FN3O2S. The van der Waals surface area contributed by atoms with E-state index in [1.54, 1.807) is 18.2 Å². The van der Waals surface area contributed by atoms with Gasteiger partial charge in [-0.25, -0.2) is 9.37 Å². The van der Waals surface area contributed by atoms with E-state index in [2.05, 4.69) is 10.3 Å². The summed E-state index contributed by atoms with van der Waals surface area (Å²) in [6, 6.07) is 6.14. The molecule has 7 heteroatoms. The number of nitrogens with one attached hydrogen (secondary N) is 1. The number of fused-ring (bicyclic) bond motifs is 1. The summed E-state index contributed by atoms with van der Waals surface area (Å²) in [5.41, 5.74) is 1.33. The van der Waals surface area contributed by atoms with Crippen LogP contribution in [-0.4, -0.2) is 23.3 Å². The standard InChI is InChI=1S/C19H20FN3O2S/c20-13-6-4-5-8-15(13)23-11-12(10-17(23)24)18(25)22-19-21-14-7-2-1-3-9-16(14)26-19/h4-6,8,12H,1-3,7,9-11H2,(H,21,22,25)/t12-/m0/s1. The predicted octanol–water partition coefficient (Wildman–Crippen LogP) is 3.54. The molecule has 1 aromatic heterocycles. The first-order valence-corrected chi connectivity index (χ1v) is 9.78. The van der Waals surface area contributed by atoms with Gasteiger partial charge in [0, 0.05) is 17.8 Å². The Morgan fingerprint density at radius 2 is 2.04 bits per heavy atom. The van der Waals surface area contributed by atoms with Crippen LogP contribution >= 0.6 is 11.3 Å². The third-order valence-corrected chi connectivity index (χ3v) is 6.04. The van der Waals surface area contributed by atoms with Crippen LogP contribution in [0.25, 0.3) is 0 Å². The monoisotopic (exact) mass is 373 g/mol. The number of aryl methyl sites for hydroxylation is 2. The van der Waals surface area contributed by atoms with E-state index in [-0.39, 0.29) is 30.5 Å². The largest absolute Gasteiger partial charge is 0.309 e. The number of carbonyl (C=O) groups excluding carboxylic acids is 2. The van der Waals surface area contributed by atoms with Gasteiger partial charge in [-0.3, -0.25) is 9.59 Å². The Balaban J connectivity index is 1.45. The van der Waals surface area contributed by atoms with Crippen molar-refractivity contribution in [2.24, 2.45) is 5.92 Å². The van der Waals surface area contributed by atoms with Crippen molar-refractivity contribution in [1.29, 1.82) is 0 Å². The Labute approximate surface area is 155 Å². The molecule has 2 amide bonds. The van der Waals surface area contributed by atoms with E-state index in [1.807, 2.05) is 0 Å². The Hall–Kier alpha value is -2.28. The minimum Gasteiger partial charge on any atom is -0.309 e. The molecule has 4 rings (SSSR count). The van der Waals surface area contributed by atoms with E-state index >= 15 is 0 Å². The number of rotatable bonds is 3. The van der Waals surface area contributed by atoms with Gasteiger partial charge in [0.2, 0.25) is 11.8 Å². The quantitative estimate of drug-likeness (QED) is 0.837. The third-order valence-electron chi connectivity index (χ3n) is 4.96.